The van der Waals surface area contributed by atoms with E-state index in [1.807, 2.05) is 37.4 Å². The van der Waals surface area contributed by atoms with Crippen molar-refractivity contribution in [2.24, 2.45) is 4.99 Å². The van der Waals surface area contributed by atoms with Crippen molar-refractivity contribution in [2.45, 2.75) is 20.0 Å². The van der Waals surface area contributed by atoms with Gasteiger partial charge in [0.15, 0.2) is 17.5 Å². The zero-order valence-corrected chi connectivity index (χ0v) is 17.9. The maximum absolute atomic E-state index is 5.43. The van der Waals surface area contributed by atoms with E-state index in [0.29, 0.717) is 30.3 Å². The number of hydrogen-bond acceptors (Lipinski definition) is 5. The molecule has 0 bridgehead atoms. The van der Waals surface area contributed by atoms with Gasteiger partial charge >= 0.3 is 0 Å². The third kappa shape index (κ3) is 4.92. The number of aromatic nitrogens is 1. The molecule has 0 saturated carbocycles. The molecule has 0 amide bonds. The van der Waals surface area contributed by atoms with Crippen molar-refractivity contribution in [1.29, 1.82) is 0 Å². The predicted molar refractivity (Wildman–Crippen MR) is 119 cm³/mol. The van der Waals surface area contributed by atoms with Crippen molar-refractivity contribution in [3.63, 3.8) is 0 Å². The van der Waals surface area contributed by atoms with E-state index in [4.69, 9.17) is 19.2 Å². The molecule has 0 aliphatic rings. The molecule has 3 aromatic rings. The van der Waals surface area contributed by atoms with E-state index in [2.05, 4.69) is 33.8 Å². The van der Waals surface area contributed by atoms with Crippen LogP contribution in [0.2, 0.25) is 0 Å². The van der Waals surface area contributed by atoms with Crippen LogP contribution in [-0.4, -0.2) is 38.8 Å². The maximum atomic E-state index is 5.43. The van der Waals surface area contributed by atoms with Crippen LogP contribution in [0.1, 0.15) is 18.1 Å². The maximum Gasteiger partial charge on any atom is 0.203 e. The van der Waals surface area contributed by atoms with Crippen LogP contribution >= 0.6 is 0 Å². The summed E-state index contributed by atoms with van der Waals surface area (Å²) in [6.45, 7) is 3.88. The number of nitrogens with one attached hydrogen (secondary N) is 2. The second kappa shape index (κ2) is 10.3. The van der Waals surface area contributed by atoms with Crippen molar-refractivity contribution >= 4 is 16.9 Å². The topological polar surface area (TPSA) is 77.0 Å². The summed E-state index contributed by atoms with van der Waals surface area (Å²) in [4.78, 5) is 9.22. The molecule has 0 fully saturated rings. The number of fused-ring (bicyclic) bond motifs is 1. The van der Waals surface area contributed by atoms with Crippen LogP contribution in [0.3, 0.4) is 0 Å². The van der Waals surface area contributed by atoms with Crippen molar-refractivity contribution < 1.29 is 14.2 Å². The fourth-order valence-corrected chi connectivity index (χ4v) is 3.23. The Hall–Kier alpha value is -3.48. The lowest BCUT2D eigenvalue weighted by Crippen LogP contribution is -2.36. The lowest BCUT2D eigenvalue weighted by molar-refractivity contribution is 0.324. The second-order valence-electron chi connectivity index (χ2n) is 6.57. The van der Waals surface area contributed by atoms with Crippen molar-refractivity contribution in [2.75, 3.05) is 27.9 Å². The van der Waals surface area contributed by atoms with E-state index < -0.39 is 0 Å². The minimum absolute atomic E-state index is 0.458. The SMILES string of the molecule is CCNC(=NCc1cc(OC)c(OC)c(OC)c1)NCc1cccc2cccnc12. The first kappa shape index (κ1) is 21.2. The van der Waals surface area contributed by atoms with Crippen LogP contribution in [0.4, 0.5) is 0 Å². The summed E-state index contributed by atoms with van der Waals surface area (Å²) in [7, 11) is 4.80. The lowest BCUT2D eigenvalue weighted by atomic mass is 10.1. The highest BCUT2D eigenvalue weighted by Gasteiger charge is 2.13. The Kier molecular flexibility index (Phi) is 7.32. The summed E-state index contributed by atoms with van der Waals surface area (Å²) >= 11 is 0. The Bertz CT molecular complexity index is 990. The van der Waals surface area contributed by atoms with Crippen LogP contribution in [0, 0.1) is 0 Å². The molecule has 0 saturated heterocycles. The minimum Gasteiger partial charge on any atom is -0.493 e. The number of hydrogen-bond donors (Lipinski definition) is 2. The second-order valence-corrected chi connectivity index (χ2v) is 6.57. The summed E-state index contributed by atoms with van der Waals surface area (Å²) in [6.07, 6.45) is 1.82. The van der Waals surface area contributed by atoms with Gasteiger partial charge in [0.2, 0.25) is 5.75 Å². The van der Waals surface area contributed by atoms with Gasteiger partial charge in [-0.1, -0.05) is 24.3 Å². The highest BCUT2D eigenvalue weighted by atomic mass is 16.5. The molecule has 3 rings (SSSR count). The zero-order valence-electron chi connectivity index (χ0n) is 17.9. The van der Waals surface area contributed by atoms with E-state index in [0.717, 1.165) is 34.5 Å². The largest absolute Gasteiger partial charge is 0.493 e. The van der Waals surface area contributed by atoms with Gasteiger partial charge in [-0.25, -0.2) is 4.99 Å². The lowest BCUT2D eigenvalue weighted by Gasteiger charge is -2.15. The number of methoxy groups -OCH3 is 3. The quantitative estimate of drug-likeness (QED) is 0.439. The summed E-state index contributed by atoms with van der Waals surface area (Å²) in [5, 5.41) is 7.79. The summed E-state index contributed by atoms with van der Waals surface area (Å²) in [5.74, 6) is 2.52. The smallest absolute Gasteiger partial charge is 0.203 e. The first-order valence-corrected chi connectivity index (χ1v) is 9.83. The highest BCUT2D eigenvalue weighted by Crippen LogP contribution is 2.38. The normalized spacial score (nSPS) is 11.3. The van der Waals surface area contributed by atoms with Crippen molar-refractivity contribution in [3.05, 3.63) is 59.8 Å². The van der Waals surface area contributed by atoms with Gasteiger partial charge in [-0.05, 0) is 36.2 Å². The molecule has 158 valence electrons. The highest BCUT2D eigenvalue weighted by molar-refractivity contribution is 5.83. The molecule has 1 heterocycles. The first-order chi connectivity index (χ1) is 14.7. The van der Waals surface area contributed by atoms with Gasteiger partial charge in [-0.2, -0.15) is 0 Å². The average Bonchev–Trinajstić information content (AvgIpc) is 2.79. The van der Waals surface area contributed by atoms with Gasteiger partial charge in [0.1, 0.15) is 0 Å². The monoisotopic (exact) mass is 408 g/mol. The molecule has 1 aromatic heterocycles. The fraction of sp³-hybridized carbons (Fsp3) is 0.304. The molecule has 30 heavy (non-hydrogen) atoms. The molecule has 7 heteroatoms. The fourth-order valence-electron chi connectivity index (χ4n) is 3.23. The Morgan fingerprint density at radius 1 is 0.967 bits per heavy atom. The number of benzene rings is 2. The van der Waals surface area contributed by atoms with Crippen LogP contribution in [0.5, 0.6) is 17.2 Å². The molecule has 0 unspecified atom stereocenters. The number of rotatable bonds is 8. The molecule has 0 radical (unpaired) electrons. The van der Waals surface area contributed by atoms with Gasteiger partial charge in [0.25, 0.3) is 0 Å². The van der Waals surface area contributed by atoms with Gasteiger partial charge in [-0.3, -0.25) is 4.98 Å². The molecule has 7 nitrogen and oxygen atoms in total. The summed E-state index contributed by atoms with van der Waals surface area (Å²) in [6, 6.07) is 14.0. The van der Waals surface area contributed by atoms with Crippen molar-refractivity contribution in [3.8, 4) is 17.2 Å². The van der Waals surface area contributed by atoms with Gasteiger partial charge < -0.3 is 24.8 Å². The number of aliphatic imine (C=N–C) groups is 1. The van der Waals surface area contributed by atoms with Gasteiger partial charge in [0.05, 0.1) is 33.4 Å². The van der Waals surface area contributed by atoms with Crippen molar-refractivity contribution in [1.82, 2.24) is 15.6 Å². The molecule has 2 N–H and O–H groups in total. The molecule has 0 atom stereocenters. The van der Waals surface area contributed by atoms with Gasteiger partial charge in [-0.15, -0.1) is 0 Å². The summed E-state index contributed by atoms with van der Waals surface area (Å²) in [5.41, 5.74) is 3.06. The van der Waals surface area contributed by atoms with Crippen LogP contribution in [0.25, 0.3) is 10.9 Å². The molecule has 0 aliphatic carbocycles. The Morgan fingerprint density at radius 3 is 2.37 bits per heavy atom. The van der Waals surface area contributed by atoms with Gasteiger partial charge in [0, 0.05) is 24.7 Å². The Labute approximate surface area is 177 Å². The Morgan fingerprint density at radius 2 is 1.70 bits per heavy atom. The zero-order chi connectivity index (χ0) is 21.3. The van der Waals surface area contributed by atoms with E-state index in [-0.39, 0.29) is 0 Å². The molecule has 0 spiro atoms. The third-order valence-electron chi connectivity index (χ3n) is 4.65. The molecular weight excluding hydrogens is 380 g/mol. The van der Waals surface area contributed by atoms with E-state index in [9.17, 15) is 0 Å². The van der Waals surface area contributed by atoms with E-state index in [1.54, 1.807) is 21.3 Å². The van der Waals surface area contributed by atoms with Crippen LogP contribution in [0.15, 0.2) is 53.7 Å². The molecule has 2 aromatic carbocycles. The number of pyridine rings is 1. The third-order valence-corrected chi connectivity index (χ3v) is 4.65. The number of guanidine groups is 1. The standard InChI is InChI=1S/C23H28N4O3/c1-5-24-23(27-15-18-9-6-8-17-10-7-11-25-21(17)18)26-14-16-12-19(28-2)22(30-4)20(13-16)29-3/h6-13H,5,14-15H2,1-4H3,(H2,24,26,27). The molecule has 0 aliphatic heterocycles. The predicted octanol–water partition coefficient (Wildman–Crippen LogP) is 3.52. The Balaban J connectivity index is 1.78. The molecular formula is C23H28N4O3. The summed E-state index contributed by atoms with van der Waals surface area (Å²) < 4.78 is 16.2. The number of nitrogens with zero attached hydrogens (tertiary/aromatic N) is 2. The number of ether oxygens (including phenoxy) is 3. The van der Waals surface area contributed by atoms with E-state index >= 15 is 0 Å². The first-order valence-electron chi connectivity index (χ1n) is 9.83. The average molecular weight is 409 g/mol. The minimum atomic E-state index is 0.458. The van der Waals surface area contributed by atoms with E-state index in [1.165, 1.54) is 0 Å². The van der Waals surface area contributed by atoms with Crippen LogP contribution < -0.4 is 24.8 Å². The van der Waals surface area contributed by atoms with Crippen LogP contribution in [-0.2, 0) is 13.1 Å². The number of para-hydroxylation sites is 1.